The van der Waals surface area contributed by atoms with Crippen molar-refractivity contribution in [3.05, 3.63) is 42.2 Å². The zero-order valence-corrected chi connectivity index (χ0v) is 11.2. The highest BCUT2D eigenvalue weighted by molar-refractivity contribution is 5.62. The highest BCUT2D eigenvalue weighted by atomic mass is 15.3. The van der Waals surface area contributed by atoms with E-state index in [4.69, 9.17) is 0 Å². The van der Waals surface area contributed by atoms with E-state index in [1.54, 1.807) is 0 Å². The van der Waals surface area contributed by atoms with Crippen LogP contribution in [0.3, 0.4) is 0 Å². The molecule has 1 aromatic heterocycles. The SMILES string of the molecule is CCCn1cc(-c2cccc(CNCC)c2)cn1. The van der Waals surface area contributed by atoms with Gasteiger partial charge in [-0.05, 0) is 30.2 Å². The van der Waals surface area contributed by atoms with Gasteiger partial charge in [0.25, 0.3) is 0 Å². The standard InChI is InChI=1S/C15H21N3/c1-3-8-18-12-15(11-17-18)14-7-5-6-13(9-14)10-16-4-2/h5-7,9,11-12,16H,3-4,8,10H2,1-2H3. The van der Waals surface area contributed by atoms with Gasteiger partial charge in [0, 0.05) is 24.8 Å². The Labute approximate surface area is 109 Å². The maximum atomic E-state index is 4.38. The molecule has 2 aromatic rings. The molecule has 1 aromatic carbocycles. The van der Waals surface area contributed by atoms with E-state index in [1.165, 1.54) is 16.7 Å². The molecule has 3 nitrogen and oxygen atoms in total. The fourth-order valence-electron chi connectivity index (χ4n) is 1.99. The Hall–Kier alpha value is -1.61. The molecule has 3 heteroatoms. The molecule has 1 heterocycles. The minimum atomic E-state index is 0.924. The van der Waals surface area contributed by atoms with Crippen LogP contribution in [0.15, 0.2) is 36.7 Å². The minimum absolute atomic E-state index is 0.924. The summed E-state index contributed by atoms with van der Waals surface area (Å²) in [6, 6.07) is 8.64. The van der Waals surface area contributed by atoms with Gasteiger partial charge < -0.3 is 5.32 Å². The van der Waals surface area contributed by atoms with E-state index < -0.39 is 0 Å². The first kappa shape index (κ1) is 12.8. The highest BCUT2D eigenvalue weighted by Crippen LogP contribution is 2.19. The van der Waals surface area contributed by atoms with Gasteiger partial charge in [0.1, 0.15) is 0 Å². The fraction of sp³-hybridized carbons (Fsp3) is 0.400. The second-order valence-electron chi connectivity index (χ2n) is 4.47. The molecule has 0 bridgehead atoms. The van der Waals surface area contributed by atoms with Crippen molar-refractivity contribution in [2.75, 3.05) is 6.54 Å². The quantitative estimate of drug-likeness (QED) is 0.845. The summed E-state index contributed by atoms with van der Waals surface area (Å²) in [5, 5.41) is 7.72. The zero-order chi connectivity index (χ0) is 12.8. The number of hydrogen-bond acceptors (Lipinski definition) is 2. The van der Waals surface area contributed by atoms with Gasteiger partial charge in [-0.25, -0.2) is 0 Å². The third-order valence-electron chi connectivity index (χ3n) is 2.93. The molecule has 0 radical (unpaired) electrons. The van der Waals surface area contributed by atoms with Gasteiger partial charge in [-0.3, -0.25) is 4.68 Å². The first-order valence-corrected chi connectivity index (χ1v) is 6.66. The van der Waals surface area contributed by atoms with E-state index >= 15 is 0 Å². The topological polar surface area (TPSA) is 29.9 Å². The average molecular weight is 243 g/mol. The number of nitrogens with one attached hydrogen (secondary N) is 1. The summed E-state index contributed by atoms with van der Waals surface area (Å²) in [5.74, 6) is 0. The molecule has 1 N–H and O–H groups in total. The Morgan fingerprint density at radius 1 is 1.22 bits per heavy atom. The van der Waals surface area contributed by atoms with Crippen LogP contribution < -0.4 is 5.32 Å². The molecule has 0 atom stereocenters. The molecular formula is C15H21N3. The molecule has 0 amide bonds. The summed E-state index contributed by atoms with van der Waals surface area (Å²) >= 11 is 0. The first-order chi connectivity index (χ1) is 8.83. The first-order valence-electron chi connectivity index (χ1n) is 6.66. The van der Waals surface area contributed by atoms with Crippen LogP contribution in [0.5, 0.6) is 0 Å². The van der Waals surface area contributed by atoms with Gasteiger partial charge in [0.2, 0.25) is 0 Å². The number of nitrogens with zero attached hydrogens (tertiary/aromatic N) is 2. The number of hydrogen-bond donors (Lipinski definition) is 1. The van der Waals surface area contributed by atoms with Gasteiger partial charge in [0.05, 0.1) is 6.20 Å². The normalized spacial score (nSPS) is 10.8. The van der Waals surface area contributed by atoms with Crippen LogP contribution in [0.2, 0.25) is 0 Å². The zero-order valence-electron chi connectivity index (χ0n) is 11.2. The van der Waals surface area contributed by atoms with Crippen LogP contribution in [-0.4, -0.2) is 16.3 Å². The second kappa shape index (κ2) is 6.36. The van der Waals surface area contributed by atoms with Gasteiger partial charge in [0.15, 0.2) is 0 Å². The van der Waals surface area contributed by atoms with Crippen LogP contribution in [0.4, 0.5) is 0 Å². The lowest BCUT2D eigenvalue weighted by molar-refractivity contribution is 0.603. The molecule has 0 aliphatic rings. The summed E-state index contributed by atoms with van der Waals surface area (Å²) in [6.07, 6.45) is 5.18. The summed E-state index contributed by atoms with van der Waals surface area (Å²) in [4.78, 5) is 0. The Balaban J connectivity index is 2.15. The Morgan fingerprint density at radius 2 is 2.11 bits per heavy atom. The van der Waals surface area contributed by atoms with E-state index in [2.05, 4.69) is 54.7 Å². The maximum absolute atomic E-state index is 4.38. The van der Waals surface area contributed by atoms with Gasteiger partial charge >= 0.3 is 0 Å². The molecule has 0 unspecified atom stereocenters. The Bertz CT molecular complexity index is 488. The molecule has 96 valence electrons. The number of rotatable bonds is 6. The molecule has 0 fully saturated rings. The van der Waals surface area contributed by atoms with Crippen molar-refractivity contribution in [2.45, 2.75) is 33.4 Å². The fourth-order valence-corrected chi connectivity index (χ4v) is 1.99. The summed E-state index contributed by atoms with van der Waals surface area (Å²) < 4.78 is 2.01. The number of aryl methyl sites for hydroxylation is 1. The van der Waals surface area contributed by atoms with Gasteiger partial charge in [-0.15, -0.1) is 0 Å². The largest absolute Gasteiger partial charge is 0.313 e. The van der Waals surface area contributed by atoms with Crippen LogP contribution in [0, 0.1) is 0 Å². The number of aromatic nitrogens is 2. The van der Waals surface area contributed by atoms with E-state index in [0.717, 1.165) is 26.1 Å². The van der Waals surface area contributed by atoms with Crippen LogP contribution in [-0.2, 0) is 13.1 Å². The van der Waals surface area contributed by atoms with Crippen LogP contribution in [0.25, 0.3) is 11.1 Å². The molecule has 0 saturated carbocycles. The highest BCUT2D eigenvalue weighted by Gasteiger charge is 2.02. The third-order valence-corrected chi connectivity index (χ3v) is 2.93. The lowest BCUT2D eigenvalue weighted by atomic mass is 10.1. The smallest absolute Gasteiger partial charge is 0.0568 e. The predicted molar refractivity (Wildman–Crippen MR) is 75.3 cm³/mol. The van der Waals surface area contributed by atoms with E-state index in [0.29, 0.717) is 0 Å². The molecule has 2 rings (SSSR count). The van der Waals surface area contributed by atoms with Gasteiger partial charge in [-0.1, -0.05) is 32.0 Å². The lowest BCUT2D eigenvalue weighted by Crippen LogP contribution is -2.11. The van der Waals surface area contributed by atoms with Crippen molar-refractivity contribution >= 4 is 0 Å². The number of benzene rings is 1. The third kappa shape index (κ3) is 3.20. The van der Waals surface area contributed by atoms with E-state index in [-0.39, 0.29) is 0 Å². The van der Waals surface area contributed by atoms with E-state index in [1.807, 2.05) is 10.9 Å². The molecule has 0 saturated heterocycles. The van der Waals surface area contributed by atoms with E-state index in [9.17, 15) is 0 Å². The average Bonchev–Trinajstić information content (AvgIpc) is 2.86. The van der Waals surface area contributed by atoms with Crippen LogP contribution in [0.1, 0.15) is 25.8 Å². The van der Waals surface area contributed by atoms with Crippen molar-refractivity contribution in [3.8, 4) is 11.1 Å². The summed E-state index contributed by atoms with van der Waals surface area (Å²) in [6.45, 7) is 7.19. The maximum Gasteiger partial charge on any atom is 0.0568 e. The molecule has 0 aliphatic heterocycles. The molecule has 0 spiro atoms. The minimum Gasteiger partial charge on any atom is -0.313 e. The van der Waals surface area contributed by atoms with Crippen molar-refractivity contribution in [3.63, 3.8) is 0 Å². The summed E-state index contributed by atoms with van der Waals surface area (Å²) in [7, 11) is 0. The predicted octanol–water partition coefficient (Wildman–Crippen LogP) is 3.07. The molecule has 0 aliphatic carbocycles. The van der Waals surface area contributed by atoms with Crippen molar-refractivity contribution in [1.29, 1.82) is 0 Å². The Morgan fingerprint density at radius 3 is 2.89 bits per heavy atom. The van der Waals surface area contributed by atoms with Crippen LogP contribution >= 0.6 is 0 Å². The monoisotopic (exact) mass is 243 g/mol. The van der Waals surface area contributed by atoms with Crippen molar-refractivity contribution < 1.29 is 0 Å². The second-order valence-corrected chi connectivity index (χ2v) is 4.47. The lowest BCUT2D eigenvalue weighted by Gasteiger charge is -2.04. The summed E-state index contributed by atoms with van der Waals surface area (Å²) in [5.41, 5.74) is 3.76. The molecule has 18 heavy (non-hydrogen) atoms. The molecular weight excluding hydrogens is 222 g/mol. The van der Waals surface area contributed by atoms with Crippen molar-refractivity contribution in [1.82, 2.24) is 15.1 Å². The van der Waals surface area contributed by atoms with Crippen molar-refractivity contribution in [2.24, 2.45) is 0 Å². The Kier molecular flexibility index (Phi) is 4.53. The van der Waals surface area contributed by atoms with Gasteiger partial charge in [-0.2, -0.15) is 5.10 Å².